The Morgan fingerprint density at radius 3 is 0.639 bits per heavy atom. The average Bonchev–Trinajstić information content (AvgIpc) is 4.13. The van der Waals surface area contributed by atoms with Crippen molar-refractivity contribution < 1.29 is 0 Å². The molecular weight excluding hydrogens is 757 g/mol. The molecule has 0 fully saturated rings. The second-order valence-corrected chi connectivity index (χ2v) is 19.5. The second-order valence-electron chi connectivity index (χ2n) is 15.8. The van der Waals surface area contributed by atoms with E-state index in [0.717, 1.165) is 22.7 Å². The fourth-order valence-corrected chi connectivity index (χ4v) is 15.5. The summed E-state index contributed by atoms with van der Waals surface area (Å²) < 4.78 is 9.70. The third-order valence-electron chi connectivity index (χ3n) is 12.6. The summed E-state index contributed by atoms with van der Waals surface area (Å²) in [5.74, 6) is 0. The van der Waals surface area contributed by atoms with Crippen molar-refractivity contribution in [2.75, 3.05) is 0 Å². The van der Waals surface area contributed by atoms with Gasteiger partial charge in [-0.15, -0.1) is 0 Å². The van der Waals surface area contributed by atoms with Crippen LogP contribution in [-0.4, -0.2) is 26.3 Å². The van der Waals surface area contributed by atoms with Crippen LogP contribution in [0.5, 0.6) is 0 Å². The molecule has 4 nitrogen and oxygen atoms in total. The Morgan fingerprint density at radius 2 is 0.410 bits per heavy atom. The number of nitrogens with zero attached hydrogens (tertiary/aromatic N) is 4. The summed E-state index contributed by atoms with van der Waals surface area (Å²) >= 11 is 0. The van der Waals surface area contributed by atoms with Crippen molar-refractivity contribution in [1.82, 2.24) is 18.3 Å². The van der Waals surface area contributed by atoms with Gasteiger partial charge in [0.25, 0.3) is 0 Å². The van der Waals surface area contributed by atoms with Crippen molar-refractivity contribution in [2.24, 2.45) is 0 Å². The number of hydrogen-bond donors (Lipinski definition) is 0. The van der Waals surface area contributed by atoms with Crippen molar-refractivity contribution in [3.8, 4) is 22.7 Å². The van der Waals surface area contributed by atoms with Crippen molar-refractivity contribution in [3.63, 3.8) is 0 Å². The quantitative estimate of drug-likeness (QED) is 0.137. The summed E-state index contributed by atoms with van der Waals surface area (Å²) in [7, 11) is -3.49. The molecule has 0 bridgehead atoms. The lowest BCUT2D eigenvalue weighted by atomic mass is 10.2. The topological polar surface area (TPSA) is 19.7 Å². The molecule has 0 aliphatic heterocycles. The summed E-state index contributed by atoms with van der Waals surface area (Å²) in [6.45, 7) is 0. The predicted octanol–water partition coefficient (Wildman–Crippen LogP) is 10.8. The first-order chi connectivity index (χ1) is 30.3. The van der Waals surface area contributed by atoms with Gasteiger partial charge in [-0.2, -0.15) is 0 Å². The van der Waals surface area contributed by atoms with Crippen LogP contribution in [0.4, 0.5) is 0 Å². The zero-order valence-corrected chi connectivity index (χ0v) is 34.4. The number of fused-ring (bicyclic) bond motifs is 4. The van der Waals surface area contributed by atoms with Crippen LogP contribution in [0.25, 0.3) is 66.4 Å². The van der Waals surface area contributed by atoms with E-state index in [1.807, 2.05) is 0 Å². The standard InChI is InChI=1S/C56H40N4Si/c1-5-21-41(22-6-1)57-37-53(45-29-13-17-33-49(45)57)61(54-38-58(42-23-7-2-8-24-42)50-34-18-14-30-46(50)54,55-39-59(43-25-9-3-10-26-43)51-35-19-15-31-47(51)55)56-40-60(44-27-11-4-12-28-44)52-36-20-16-32-48(52)56/h1-40H. The van der Waals surface area contributed by atoms with E-state index >= 15 is 0 Å². The highest BCUT2D eigenvalue weighted by atomic mass is 28.3. The second kappa shape index (κ2) is 14.2. The highest BCUT2D eigenvalue weighted by molar-refractivity contribution is 7.23. The van der Waals surface area contributed by atoms with Crippen LogP contribution >= 0.6 is 0 Å². The van der Waals surface area contributed by atoms with Gasteiger partial charge in [0.05, 0.1) is 22.1 Å². The summed E-state index contributed by atoms with van der Waals surface area (Å²) in [4.78, 5) is 0. The molecule has 12 rings (SSSR count). The molecule has 12 aromatic rings. The third-order valence-corrected chi connectivity index (χ3v) is 17.4. The minimum Gasteiger partial charge on any atom is -0.317 e. The highest BCUT2D eigenvalue weighted by Gasteiger charge is 2.49. The summed E-state index contributed by atoms with van der Waals surface area (Å²) in [6.07, 6.45) is 9.96. The number of para-hydroxylation sites is 8. The van der Waals surface area contributed by atoms with Gasteiger partial charge in [0.15, 0.2) is 8.07 Å². The Balaban J connectivity index is 1.35. The van der Waals surface area contributed by atoms with Crippen LogP contribution in [0.3, 0.4) is 0 Å². The predicted molar refractivity (Wildman–Crippen MR) is 257 cm³/mol. The maximum absolute atomic E-state index is 3.49. The molecule has 288 valence electrons. The van der Waals surface area contributed by atoms with E-state index in [1.54, 1.807) is 0 Å². The minimum absolute atomic E-state index is 1.14. The van der Waals surface area contributed by atoms with Gasteiger partial charge in [0.1, 0.15) is 0 Å². The molecule has 5 heteroatoms. The van der Waals surface area contributed by atoms with Crippen LogP contribution in [0, 0.1) is 0 Å². The van der Waals surface area contributed by atoms with Crippen LogP contribution in [0.15, 0.2) is 243 Å². The zero-order chi connectivity index (χ0) is 40.3. The van der Waals surface area contributed by atoms with Crippen molar-refractivity contribution in [1.29, 1.82) is 0 Å². The Morgan fingerprint density at radius 1 is 0.213 bits per heavy atom. The van der Waals surface area contributed by atoms with Crippen LogP contribution in [0.1, 0.15) is 0 Å². The van der Waals surface area contributed by atoms with Gasteiger partial charge < -0.3 is 18.3 Å². The van der Waals surface area contributed by atoms with Gasteiger partial charge in [0.2, 0.25) is 0 Å². The lowest BCUT2D eigenvalue weighted by Crippen LogP contribution is -2.74. The van der Waals surface area contributed by atoms with Gasteiger partial charge in [0, 0.05) is 69.1 Å². The van der Waals surface area contributed by atoms with Crippen molar-refractivity contribution >= 4 is 72.4 Å². The minimum atomic E-state index is -3.49. The van der Waals surface area contributed by atoms with E-state index in [9.17, 15) is 0 Å². The maximum Gasteiger partial charge on any atom is 0.188 e. The van der Waals surface area contributed by atoms with Gasteiger partial charge in [-0.3, -0.25) is 0 Å². The number of rotatable bonds is 8. The Kier molecular flexibility index (Phi) is 8.15. The smallest absolute Gasteiger partial charge is 0.188 e. The molecule has 0 spiro atoms. The number of hydrogen-bond acceptors (Lipinski definition) is 0. The van der Waals surface area contributed by atoms with Crippen molar-refractivity contribution in [2.45, 2.75) is 0 Å². The summed E-state index contributed by atoms with van der Waals surface area (Å²) in [5, 5.41) is 10.4. The van der Waals surface area contributed by atoms with Crippen molar-refractivity contribution in [3.05, 3.63) is 243 Å². The molecule has 0 atom stereocenters. The van der Waals surface area contributed by atoms with E-state index in [2.05, 4.69) is 261 Å². The van der Waals surface area contributed by atoms with Gasteiger partial charge >= 0.3 is 0 Å². The lowest BCUT2D eigenvalue weighted by Gasteiger charge is -2.32. The number of benzene rings is 8. The molecular formula is C56H40N4Si. The molecule has 4 heterocycles. The van der Waals surface area contributed by atoms with E-state index < -0.39 is 8.07 Å². The molecule has 0 aliphatic carbocycles. The SMILES string of the molecule is c1ccc(-n2cc([Si](c3cn(-c4ccccc4)c4ccccc34)(c3cn(-c4ccccc4)c4ccccc34)c3cn(-c4ccccc4)c4ccccc34)c3ccccc32)cc1. The largest absolute Gasteiger partial charge is 0.317 e. The molecule has 61 heavy (non-hydrogen) atoms. The normalized spacial score (nSPS) is 11.9. The average molecular weight is 797 g/mol. The monoisotopic (exact) mass is 796 g/mol. The molecule has 4 aromatic heterocycles. The first-order valence-corrected chi connectivity index (χ1v) is 22.9. The Labute approximate surface area is 355 Å². The van der Waals surface area contributed by atoms with E-state index in [-0.39, 0.29) is 0 Å². The Hall–Kier alpha value is -7.86. The molecule has 0 unspecified atom stereocenters. The first-order valence-electron chi connectivity index (χ1n) is 20.9. The first kappa shape index (κ1) is 35.1. The van der Waals surface area contributed by atoms with Crippen LogP contribution in [0.2, 0.25) is 0 Å². The summed E-state index contributed by atoms with van der Waals surface area (Å²) in [5.41, 5.74) is 9.29. The van der Waals surface area contributed by atoms with E-state index in [4.69, 9.17) is 0 Å². The molecule has 0 radical (unpaired) electrons. The molecule has 0 saturated carbocycles. The molecule has 0 aliphatic rings. The molecule has 0 N–H and O–H groups in total. The van der Waals surface area contributed by atoms with Crippen LogP contribution in [-0.2, 0) is 0 Å². The lowest BCUT2D eigenvalue weighted by molar-refractivity contribution is 1.13. The van der Waals surface area contributed by atoms with E-state index in [1.165, 1.54) is 64.4 Å². The van der Waals surface area contributed by atoms with Gasteiger partial charge in [-0.25, -0.2) is 0 Å². The van der Waals surface area contributed by atoms with Gasteiger partial charge in [-0.05, 0) is 93.5 Å². The number of aromatic nitrogens is 4. The zero-order valence-electron chi connectivity index (χ0n) is 33.4. The fraction of sp³-hybridized carbons (Fsp3) is 0. The maximum atomic E-state index is 2.49. The highest BCUT2D eigenvalue weighted by Crippen LogP contribution is 2.32. The fourth-order valence-electron chi connectivity index (χ4n) is 9.99. The molecule has 0 saturated heterocycles. The van der Waals surface area contributed by atoms with Crippen LogP contribution < -0.4 is 20.7 Å². The van der Waals surface area contributed by atoms with E-state index in [0.29, 0.717) is 0 Å². The summed E-state index contributed by atoms with van der Waals surface area (Å²) in [6, 6.07) is 79.5. The Bertz CT molecular complexity index is 3050. The molecule has 8 aromatic carbocycles. The van der Waals surface area contributed by atoms with Gasteiger partial charge in [-0.1, -0.05) is 146 Å². The third kappa shape index (κ3) is 5.38. The molecule has 0 amide bonds.